The zero-order valence-corrected chi connectivity index (χ0v) is 10.2. The lowest BCUT2D eigenvalue weighted by Crippen LogP contribution is -2.29. The zero-order chi connectivity index (χ0) is 12.3. The maximum absolute atomic E-state index is 11.9. The molecule has 0 aromatic carbocycles. The van der Waals surface area contributed by atoms with E-state index in [0.29, 0.717) is 19.4 Å². The third-order valence-corrected chi connectivity index (χ3v) is 3.28. The maximum Gasteiger partial charge on any atom is 0.223 e. The summed E-state index contributed by atoms with van der Waals surface area (Å²) in [4.78, 5) is 13.7. The predicted molar refractivity (Wildman–Crippen MR) is 63.5 cm³/mol. The molecule has 1 saturated heterocycles. The van der Waals surface area contributed by atoms with Crippen LogP contribution in [0.1, 0.15) is 24.4 Å². The minimum Gasteiger partial charge on any atom is -0.466 e. The topological polar surface area (TPSA) is 53.7 Å². The highest BCUT2D eigenvalue weighted by atomic mass is 16.3. The van der Waals surface area contributed by atoms with Crippen LogP contribution in [0.2, 0.25) is 0 Å². The van der Waals surface area contributed by atoms with Crippen molar-refractivity contribution in [2.75, 3.05) is 19.7 Å². The van der Waals surface area contributed by atoms with Gasteiger partial charge in [-0.25, -0.2) is 0 Å². The molecule has 0 saturated carbocycles. The van der Waals surface area contributed by atoms with Gasteiger partial charge in [0.15, 0.2) is 0 Å². The average molecular weight is 237 g/mol. The second kappa shape index (κ2) is 5.36. The Morgan fingerprint density at radius 3 is 3.00 bits per heavy atom. The van der Waals surface area contributed by atoms with Crippen LogP contribution in [0.3, 0.4) is 0 Å². The van der Waals surface area contributed by atoms with Gasteiger partial charge in [-0.3, -0.25) is 4.79 Å². The summed E-state index contributed by atoms with van der Waals surface area (Å²) >= 11 is 0. The molecule has 1 unspecified atom stereocenters. The number of carbonyl (C=O) groups is 1. The second-order valence-corrected chi connectivity index (χ2v) is 4.69. The molecule has 1 aliphatic rings. The number of nitrogens with zero attached hydrogens (tertiary/aromatic N) is 1. The number of furan rings is 1. The van der Waals surface area contributed by atoms with Crippen LogP contribution in [0.5, 0.6) is 0 Å². The highest BCUT2D eigenvalue weighted by Crippen LogP contribution is 2.17. The molecule has 1 N–H and O–H groups in total. The van der Waals surface area contributed by atoms with E-state index in [1.165, 1.54) is 0 Å². The molecule has 1 aromatic heterocycles. The zero-order valence-electron chi connectivity index (χ0n) is 10.2. The SMILES string of the molecule is Cc1ccc(CCC(=O)N2CCC(CO)C2)o1. The van der Waals surface area contributed by atoms with E-state index in [1.807, 2.05) is 24.0 Å². The average Bonchev–Trinajstić information content (AvgIpc) is 2.94. The molecule has 94 valence electrons. The lowest BCUT2D eigenvalue weighted by molar-refractivity contribution is -0.130. The van der Waals surface area contributed by atoms with E-state index in [-0.39, 0.29) is 18.4 Å². The number of aliphatic hydroxyl groups is 1. The van der Waals surface area contributed by atoms with Gasteiger partial charge in [0.2, 0.25) is 5.91 Å². The van der Waals surface area contributed by atoms with Gasteiger partial charge in [-0.2, -0.15) is 0 Å². The van der Waals surface area contributed by atoms with E-state index in [4.69, 9.17) is 9.52 Å². The van der Waals surface area contributed by atoms with E-state index in [0.717, 1.165) is 24.5 Å². The van der Waals surface area contributed by atoms with E-state index in [9.17, 15) is 4.79 Å². The number of aliphatic hydroxyl groups excluding tert-OH is 1. The van der Waals surface area contributed by atoms with Crippen molar-refractivity contribution < 1.29 is 14.3 Å². The lowest BCUT2D eigenvalue weighted by atomic mass is 10.1. The molecule has 2 rings (SSSR count). The Kier molecular flexibility index (Phi) is 3.84. The van der Waals surface area contributed by atoms with Crippen LogP contribution in [0.25, 0.3) is 0 Å². The highest BCUT2D eigenvalue weighted by molar-refractivity contribution is 5.76. The normalized spacial score (nSPS) is 19.9. The molecule has 1 amide bonds. The molecule has 1 aromatic rings. The third kappa shape index (κ3) is 3.09. The first kappa shape index (κ1) is 12.2. The summed E-state index contributed by atoms with van der Waals surface area (Å²) in [6, 6.07) is 3.83. The van der Waals surface area contributed by atoms with E-state index in [2.05, 4.69) is 0 Å². The van der Waals surface area contributed by atoms with Crippen LogP contribution in [0.4, 0.5) is 0 Å². The minimum atomic E-state index is 0.162. The Bertz CT molecular complexity index is 386. The van der Waals surface area contributed by atoms with E-state index < -0.39 is 0 Å². The summed E-state index contributed by atoms with van der Waals surface area (Å²) in [7, 11) is 0. The van der Waals surface area contributed by atoms with Crippen LogP contribution in [-0.2, 0) is 11.2 Å². The van der Waals surface area contributed by atoms with Gasteiger partial charge in [-0.05, 0) is 25.5 Å². The van der Waals surface area contributed by atoms with Gasteiger partial charge >= 0.3 is 0 Å². The highest BCUT2D eigenvalue weighted by Gasteiger charge is 2.25. The molecule has 0 aliphatic carbocycles. The number of hydrogen-bond donors (Lipinski definition) is 1. The van der Waals surface area contributed by atoms with Gasteiger partial charge in [-0.15, -0.1) is 0 Å². The summed E-state index contributed by atoms with van der Waals surface area (Å²) in [5.41, 5.74) is 0. The Balaban J connectivity index is 1.78. The summed E-state index contributed by atoms with van der Waals surface area (Å²) in [6.45, 7) is 3.56. The molecule has 2 heterocycles. The quantitative estimate of drug-likeness (QED) is 0.860. The molecular weight excluding hydrogens is 218 g/mol. The Morgan fingerprint density at radius 1 is 1.59 bits per heavy atom. The molecule has 4 heteroatoms. The Morgan fingerprint density at radius 2 is 2.41 bits per heavy atom. The van der Waals surface area contributed by atoms with E-state index in [1.54, 1.807) is 0 Å². The number of hydrogen-bond acceptors (Lipinski definition) is 3. The van der Waals surface area contributed by atoms with Crippen molar-refractivity contribution in [1.29, 1.82) is 0 Å². The fourth-order valence-electron chi connectivity index (χ4n) is 2.22. The first-order valence-corrected chi connectivity index (χ1v) is 6.13. The molecule has 0 radical (unpaired) electrons. The van der Waals surface area contributed by atoms with Crippen LogP contribution < -0.4 is 0 Å². The standard InChI is InChI=1S/C13H19NO3/c1-10-2-3-12(17-10)4-5-13(16)14-7-6-11(8-14)9-15/h2-3,11,15H,4-9H2,1H3. The summed E-state index contributed by atoms with van der Waals surface area (Å²) in [6.07, 6.45) is 2.07. The molecular formula is C13H19NO3. The third-order valence-electron chi connectivity index (χ3n) is 3.28. The van der Waals surface area contributed by atoms with Gasteiger partial charge in [0.25, 0.3) is 0 Å². The van der Waals surface area contributed by atoms with Gasteiger partial charge in [-0.1, -0.05) is 0 Å². The first-order valence-electron chi connectivity index (χ1n) is 6.13. The van der Waals surface area contributed by atoms with Crippen LogP contribution in [-0.4, -0.2) is 35.6 Å². The van der Waals surface area contributed by atoms with Crippen LogP contribution in [0.15, 0.2) is 16.5 Å². The molecule has 1 atom stereocenters. The summed E-state index contributed by atoms with van der Waals surface area (Å²) in [5, 5.41) is 9.02. The largest absolute Gasteiger partial charge is 0.466 e. The Hall–Kier alpha value is -1.29. The Labute approximate surface area is 101 Å². The second-order valence-electron chi connectivity index (χ2n) is 4.69. The minimum absolute atomic E-state index is 0.162. The fourth-order valence-corrected chi connectivity index (χ4v) is 2.22. The molecule has 1 fully saturated rings. The van der Waals surface area contributed by atoms with Crippen molar-refractivity contribution in [2.45, 2.75) is 26.2 Å². The number of carbonyl (C=O) groups excluding carboxylic acids is 1. The van der Waals surface area contributed by atoms with E-state index >= 15 is 0 Å². The maximum atomic E-state index is 11.9. The van der Waals surface area contributed by atoms with Crippen LogP contribution in [0, 0.1) is 12.8 Å². The summed E-state index contributed by atoms with van der Waals surface area (Å²) in [5.74, 6) is 2.18. The van der Waals surface area contributed by atoms with Crippen LogP contribution >= 0.6 is 0 Å². The predicted octanol–water partition coefficient (Wildman–Crippen LogP) is 1.36. The smallest absolute Gasteiger partial charge is 0.223 e. The van der Waals surface area contributed by atoms with Crippen molar-refractivity contribution in [1.82, 2.24) is 4.90 Å². The number of likely N-dealkylation sites (tertiary alicyclic amines) is 1. The van der Waals surface area contributed by atoms with Gasteiger partial charge in [0.1, 0.15) is 11.5 Å². The molecule has 4 nitrogen and oxygen atoms in total. The van der Waals surface area contributed by atoms with Crippen molar-refractivity contribution >= 4 is 5.91 Å². The lowest BCUT2D eigenvalue weighted by Gasteiger charge is -2.15. The monoisotopic (exact) mass is 237 g/mol. The van der Waals surface area contributed by atoms with Crippen molar-refractivity contribution in [2.24, 2.45) is 5.92 Å². The van der Waals surface area contributed by atoms with Crippen molar-refractivity contribution in [3.8, 4) is 0 Å². The molecule has 0 bridgehead atoms. The number of aryl methyl sites for hydroxylation is 2. The summed E-state index contributed by atoms with van der Waals surface area (Å²) < 4.78 is 5.43. The van der Waals surface area contributed by atoms with Gasteiger partial charge in [0.05, 0.1) is 0 Å². The van der Waals surface area contributed by atoms with Crippen molar-refractivity contribution in [3.63, 3.8) is 0 Å². The molecule has 0 spiro atoms. The molecule has 1 aliphatic heterocycles. The van der Waals surface area contributed by atoms with Crippen molar-refractivity contribution in [3.05, 3.63) is 23.7 Å². The number of amides is 1. The van der Waals surface area contributed by atoms with Gasteiger partial charge < -0.3 is 14.4 Å². The van der Waals surface area contributed by atoms with Gasteiger partial charge in [0, 0.05) is 38.5 Å². The first-order chi connectivity index (χ1) is 8.19. The molecule has 17 heavy (non-hydrogen) atoms. The number of rotatable bonds is 4. The fraction of sp³-hybridized carbons (Fsp3) is 0.615.